The first-order valence-corrected chi connectivity index (χ1v) is 7.30. The van der Waals surface area contributed by atoms with Crippen molar-refractivity contribution in [3.8, 4) is 5.75 Å². The van der Waals surface area contributed by atoms with Gasteiger partial charge in [-0.3, -0.25) is 9.59 Å². The molecule has 0 aromatic heterocycles. The maximum absolute atomic E-state index is 12.2. The van der Waals surface area contributed by atoms with E-state index < -0.39 is 11.4 Å². The third-order valence-corrected chi connectivity index (χ3v) is 4.62. The molecule has 3 rings (SSSR count). The Kier molecular flexibility index (Phi) is 3.78. The topological polar surface area (TPSA) is 76.1 Å². The van der Waals surface area contributed by atoms with Gasteiger partial charge in [0.1, 0.15) is 17.8 Å². The molecule has 0 bridgehead atoms. The van der Waals surface area contributed by atoms with Crippen molar-refractivity contribution in [2.24, 2.45) is 5.41 Å². The normalized spacial score (nSPS) is 26.0. The van der Waals surface area contributed by atoms with Crippen molar-refractivity contribution in [2.75, 3.05) is 33.4 Å². The second-order valence-corrected chi connectivity index (χ2v) is 5.86. The fourth-order valence-corrected chi connectivity index (χ4v) is 3.37. The maximum atomic E-state index is 12.2. The van der Waals surface area contributed by atoms with E-state index in [2.05, 4.69) is 0 Å². The zero-order valence-electron chi connectivity index (χ0n) is 12.4. The van der Waals surface area contributed by atoms with Gasteiger partial charge >= 0.3 is 5.97 Å². The number of para-hydroxylation sites is 1. The van der Waals surface area contributed by atoms with Crippen LogP contribution in [0.2, 0.25) is 0 Å². The summed E-state index contributed by atoms with van der Waals surface area (Å²) in [5.41, 5.74) is -0.185. The molecule has 2 heterocycles. The van der Waals surface area contributed by atoms with Crippen LogP contribution < -0.4 is 4.74 Å². The van der Waals surface area contributed by atoms with Crippen molar-refractivity contribution in [2.45, 2.75) is 12.3 Å². The van der Waals surface area contributed by atoms with Crippen molar-refractivity contribution >= 4 is 11.9 Å². The number of rotatable bonds is 4. The molecule has 22 heavy (non-hydrogen) atoms. The minimum atomic E-state index is -1.06. The van der Waals surface area contributed by atoms with Crippen molar-refractivity contribution in [1.29, 1.82) is 0 Å². The van der Waals surface area contributed by atoms with Crippen molar-refractivity contribution in [1.82, 2.24) is 4.90 Å². The average Bonchev–Trinajstić information content (AvgIpc) is 2.94. The zero-order chi connectivity index (χ0) is 15.7. The maximum Gasteiger partial charge on any atom is 0.315 e. The number of carboxylic acid groups (broad SMARTS) is 1. The summed E-state index contributed by atoms with van der Waals surface area (Å²) in [6.45, 7) is 1.03. The first kappa shape index (κ1) is 14.8. The van der Waals surface area contributed by atoms with Crippen molar-refractivity contribution < 1.29 is 24.2 Å². The molecule has 118 valence electrons. The van der Waals surface area contributed by atoms with E-state index in [0.717, 1.165) is 11.3 Å². The molecule has 2 aliphatic heterocycles. The second kappa shape index (κ2) is 5.61. The average molecular weight is 305 g/mol. The largest absolute Gasteiger partial charge is 0.492 e. The second-order valence-electron chi connectivity index (χ2n) is 5.86. The van der Waals surface area contributed by atoms with Crippen LogP contribution in [-0.4, -0.2) is 55.3 Å². The van der Waals surface area contributed by atoms with Gasteiger partial charge in [0.25, 0.3) is 0 Å². The molecule has 0 saturated carbocycles. The number of aliphatic carboxylic acids is 1. The van der Waals surface area contributed by atoms with Gasteiger partial charge in [0.15, 0.2) is 0 Å². The molecule has 0 radical (unpaired) electrons. The summed E-state index contributed by atoms with van der Waals surface area (Å²) >= 11 is 0. The molecule has 1 aromatic rings. The lowest BCUT2D eigenvalue weighted by Gasteiger charge is -2.35. The monoisotopic (exact) mass is 305 g/mol. The molecule has 6 nitrogen and oxygen atoms in total. The van der Waals surface area contributed by atoms with E-state index in [-0.39, 0.29) is 31.4 Å². The smallest absolute Gasteiger partial charge is 0.315 e. The Morgan fingerprint density at radius 1 is 1.45 bits per heavy atom. The highest BCUT2D eigenvalue weighted by atomic mass is 16.5. The van der Waals surface area contributed by atoms with Crippen LogP contribution in [-0.2, 0) is 14.3 Å². The first-order valence-electron chi connectivity index (χ1n) is 7.30. The molecule has 0 unspecified atom stereocenters. The summed E-state index contributed by atoms with van der Waals surface area (Å²) in [6.07, 6.45) is 0.265. The number of ether oxygens (including phenoxy) is 2. The standard InChI is InChI=1S/C16H19NO5/c1-21-7-6-14(18)17-8-12-11-4-2-3-5-13(11)22-10-16(12,9-17)15(19)20/h2-5,12H,6-10H2,1H3,(H,19,20)/t12-,16-/m1/s1. The fourth-order valence-electron chi connectivity index (χ4n) is 3.37. The lowest BCUT2D eigenvalue weighted by atomic mass is 9.73. The first-order chi connectivity index (χ1) is 10.6. The highest BCUT2D eigenvalue weighted by Gasteiger charge is 2.57. The third kappa shape index (κ3) is 2.23. The molecule has 1 saturated heterocycles. The molecule has 1 amide bonds. The predicted octanol–water partition coefficient (Wildman–Crippen LogP) is 1.11. The number of fused-ring (bicyclic) bond motifs is 3. The molecule has 1 fully saturated rings. The zero-order valence-corrected chi connectivity index (χ0v) is 12.4. The molecular weight excluding hydrogens is 286 g/mol. The van der Waals surface area contributed by atoms with Gasteiger partial charge < -0.3 is 19.5 Å². The van der Waals surface area contributed by atoms with Crippen LogP contribution in [0.15, 0.2) is 24.3 Å². The predicted molar refractivity (Wildman–Crippen MR) is 77.8 cm³/mol. The number of carbonyl (C=O) groups excluding carboxylic acids is 1. The summed E-state index contributed by atoms with van der Waals surface area (Å²) in [4.78, 5) is 25.8. The van der Waals surface area contributed by atoms with E-state index in [1.165, 1.54) is 0 Å². The molecule has 2 atom stereocenters. The van der Waals surface area contributed by atoms with Crippen LogP contribution in [0.1, 0.15) is 17.9 Å². The van der Waals surface area contributed by atoms with E-state index in [9.17, 15) is 14.7 Å². The number of nitrogens with zero attached hydrogens (tertiary/aromatic N) is 1. The number of hydrogen-bond acceptors (Lipinski definition) is 4. The number of benzene rings is 1. The van der Waals surface area contributed by atoms with Crippen LogP contribution in [0, 0.1) is 5.41 Å². The molecule has 2 aliphatic rings. The van der Waals surface area contributed by atoms with Gasteiger partial charge in [-0.05, 0) is 6.07 Å². The molecular formula is C16H19NO5. The van der Waals surface area contributed by atoms with Crippen LogP contribution in [0.25, 0.3) is 0 Å². The van der Waals surface area contributed by atoms with Crippen molar-refractivity contribution in [3.05, 3.63) is 29.8 Å². The molecule has 1 aromatic carbocycles. The summed E-state index contributed by atoms with van der Waals surface area (Å²) < 4.78 is 10.6. The van der Waals surface area contributed by atoms with E-state index >= 15 is 0 Å². The summed E-state index contributed by atoms with van der Waals surface area (Å²) in [7, 11) is 1.54. The van der Waals surface area contributed by atoms with Crippen LogP contribution >= 0.6 is 0 Å². The Hall–Kier alpha value is -2.08. The van der Waals surface area contributed by atoms with Gasteiger partial charge in [0.2, 0.25) is 5.91 Å². The summed E-state index contributed by atoms with van der Waals surface area (Å²) in [5.74, 6) is -0.500. The van der Waals surface area contributed by atoms with Crippen LogP contribution in [0.4, 0.5) is 0 Å². The van der Waals surface area contributed by atoms with Gasteiger partial charge in [-0.2, -0.15) is 0 Å². The van der Waals surface area contributed by atoms with Crippen LogP contribution in [0.3, 0.4) is 0 Å². The minimum absolute atomic E-state index is 0.0747. The van der Waals surface area contributed by atoms with E-state index in [4.69, 9.17) is 9.47 Å². The van der Waals surface area contributed by atoms with Gasteiger partial charge in [-0.15, -0.1) is 0 Å². The number of methoxy groups -OCH3 is 1. The van der Waals surface area contributed by atoms with Gasteiger partial charge in [-0.25, -0.2) is 0 Å². The lowest BCUT2D eigenvalue weighted by molar-refractivity contribution is -0.152. The number of amides is 1. The molecule has 1 N–H and O–H groups in total. The Morgan fingerprint density at radius 3 is 2.95 bits per heavy atom. The van der Waals surface area contributed by atoms with Crippen molar-refractivity contribution in [3.63, 3.8) is 0 Å². The Labute approximate surface area is 128 Å². The fraction of sp³-hybridized carbons (Fsp3) is 0.500. The van der Waals surface area contributed by atoms with E-state index in [0.29, 0.717) is 13.2 Å². The molecule has 0 spiro atoms. The molecule has 0 aliphatic carbocycles. The Balaban J connectivity index is 1.91. The van der Waals surface area contributed by atoms with Gasteiger partial charge in [-0.1, -0.05) is 18.2 Å². The summed E-state index contributed by atoms with van der Waals surface area (Å²) in [5, 5.41) is 9.76. The number of carboxylic acids is 1. The highest BCUT2D eigenvalue weighted by Crippen LogP contribution is 2.49. The number of hydrogen-bond donors (Lipinski definition) is 1. The SMILES string of the molecule is COCCC(=O)N1C[C@@H]2c3ccccc3OC[C@]2(C(=O)O)C1. The van der Waals surface area contributed by atoms with E-state index in [1.54, 1.807) is 12.0 Å². The van der Waals surface area contributed by atoms with Gasteiger partial charge in [0, 0.05) is 31.7 Å². The number of likely N-dealkylation sites (tertiary alicyclic amines) is 1. The molecule has 6 heteroatoms. The minimum Gasteiger partial charge on any atom is -0.492 e. The van der Waals surface area contributed by atoms with Gasteiger partial charge in [0.05, 0.1) is 13.0 Å². The lowest BCUT2D eigenvalue weighted by Crippen LogP contribution is -2.46. The van der Waals surface area contributed by atoms with E-state index in [1.807, 2.05) is 24.3 Å². The van der Waals surface area contributed by atoms with Crippen LogP contribution in [0.5, 0.6) is 5.75 Å². The third-order valence-electron chi connectivity index (χ3n) is 4.62. The Morgan fingerprint density at radius 2 is 2.23 bits per heavy atom. The Bertz CT molecular complexity index is 602. The quantitative estimate of drug-likeness (QED) is 0.902. The summed E-state index contributed by atoms with van der Waals surface area (Å²) in [6, 6.07) is 7.47. The highest BCUT2D eigenvalue weighted by molar-refractivity contribution is 5.83. The number of carbonyl (C=O) groups is 2.